The van der Waals surface area contributed by atoms with Gasteiger partial charge in [-0.3, -0.25) is 0 Å². The summed E-state index contributed by atoms with van der Waals surface area (Å²) in [7, 11) is 0. The largest absolute Gasteiger partial charge is 0.396 e. The molecule has 2 heterocycles. The van der Waals surface area contributed by atoms with Gasteiger partial charge >= 0.3 is 0 Å². The van der Waals surface area contributed by atoms with Crippen molar-refractivity contribution in [3.8, 4) is 0 Å². The molecule has 4 heteroatoms. The van der Waals surface area contributed by atoms with Gasteiger partial charge in [-0.25, -0.2) is 0 Å². The standard InChI is InChI=1S/C13H25NO3/c1-13(16-11-12(17-13)5-10-15)6-9-14-7-3-2-4-8-14/h12,15H,2-11H2,1H3. The second-order valence-corrected chi connectivity index (χ2v) is 5.35. The zero-order valence-corrected chi connectivity index (χ0v) is 10.9. The second-order valence-electron chi connectivity index (χ2n) is 5.35. The maximum atomic E-state index is 8.89. The van der Waals surface area contributed by atoms with Gasteiger partial charge in [0.2, 0.25) is 0 Å². The van der Waals surface area contributed by atoms with E-state index < -0.39 is 5.79 Å². The van der Waals surface area contributed by atoms with E-state index >= 15 is 0 Å². The highest BCUT2D eigenvalue weighted by Gasteiger charge is 2.36. The predicted molar refractivity (Wildman–Crippen MR) is 65.8 cm³/mol. The highest BCUT2D eigenvalue weighted by Crippen LogP contribution is 2.28. The molecule has 2 fully saturated rings. The zero-order chi connectivity index (χ0) is 12.1. The van der Waals surface area contributed by atoms with E-state index in [0.717, 1.165) is 13.0 Å². The normalized spacial score (nSPS) is 35.3. The minimum atomic E-state index is -0.433. The topological polar surface area (TPSA) is 41.9 Å². The first-order chi connectivity index (χ1) is 8.22. The Labute approximate surface area is 104 Å². The Morgan fingerprint density at radius 3 is 2.76 bits per heavy atom. The van der Waals surface area contributed by atoms with E-state index in [1.165, 1.54) is 32.4 Å². The average molecular weight is 243 g/mol. The molecular weight excluding hydrogens is 218 g/mol. The lowest BCUT2D eigenvalue weighted by atomic mass is 10.1. The minimum Gasteiger partial charge on any atom is -0.396 e. The van der Waals surface area contributed by atoms with Crippen LogP contribution >= 0.6 is 0 Å². The number of aliphatic hydroxyl groups is 1. The first-order valence-corrected chi connectivity index (χ1v) is 6.87. The van der Waals surface area contributed by atoms with Gasteiger partial charge in [-0.15, -0.1) is 0 Å². The minimum absolute atomic E-state index is 0.0753. The lowest BCUT2D eigenvalue weighted by Gasteiger charge is -2.30. The van der Waals surface area contributed by atoms with Crippen molar-refractivity contribution in [1.29, 1.82) is 0 Å². The highest BCUT2D eigenvalue weighted by atomic mass is 16.7. The summed E-state index contributed by atoms with van der Waals surface area (Å²) in [6, 6.07) is 0. The van der Waals surface area contributed by atoms with Crippen LogP contribution in [0, 0.1) is 0 Å². The van der Waals surface area contributed by atoms with Crippen molar-refractivity contribution >= 4 is 0 Å². The monoisotopic (exact) mass is 243 g/mol. The van der Waals surface area contributed by atoms with Crippen LogP contribution in [-0.4, -0.2) is 54.7 Å². The lowest BCUT2D eigenvalue weighted by molar-refractivity contribution is -0.162. The SMILES string of the molecule is CC1(CCN2CCCCC2)OCC(CCO)O1. The van der Waals surface area contributed by atoms with Crippen molar-refractivity contribution in [1.82, 2.24) is 4.90 Å². The Morgan fingerprint density at radius 1 is 1.29 bits per heavy atom. The first-order valence-electron chi connectivity index (χ1n) is 6.87. The highest BCUT2D eigenvalue weighted by molar-refractivity contribution is 4.77. The van der Waals surface area contributed by atoms with E-state index in [-0.39, 0.29) is 12.7 Å². The third-order valence-corrected chi connectivity index (χ3v) is 3.77. The Balaban J connectivity index is 1.70. The molecular formula is C13H25NO3. The Bertz CT molecular complexity index is 231. The molecule has 2 atom stereocenters. The van der Waals surface area contributed by atoms with E-state index in [1.807, 2.05) is 6.92 Å². The summed E-state index contributed by atoms with van der Waals surface area (Å²) in [6.07, 6.45) is 5.70. The van der Waals surface area contributed by atoms with Gasteiger partial charge in [-0.2, -0.15) is 0 Å². The number of nitrogens with zero attached hydrogens (tertiary/aromatic N) is 1. The molecule has 0 bridgehead atoms. The van der Waals surface area contributed by atoms with Crippen LogP contribution in [0.25, 0.3) is 0 Å². The van der Waals surface area contributed by atoms with Crippen molar-refractivity contribution in [2.24, 2.45) is 0 Å². The molecule has 100 valence electrons. The van der Waals surface area contributed by atoms with Crippen LogP contribution in [0.5, 0.6) is 0 Å². The fourth-order valence-corrected chi connectivity index (χ4v) is 2.65. The number of piperidine rings is 1. The molecule has 0 amide bonds. The van der Waals surface area contributed by atoms with Gasteiger partial charge < -0.3 is 19.5 Å². The van der Waals surface area contributed by atoms with Crippen LogP contribution in [0.4, 0.5) is 0 Å². The Hall–Kier alpha value is -0.160. The molecule has 0 aromatic rings. The summed E-state index contributed by atoms with van der Waals surface area (Å²) >= 11 is 0. The van der Waals surface area contributed by atoms with Crippen molar-refractivity contribution < 1.29 is 14.6 Å². The van der Waals surface area contributed by atoms with Gasteiger partial charge in [0.05, 0.1) is 12.7 Å². The second kappa shape index (κ2) is 6.14. The van der Waals surface area contributed by atoms with Gasteiger partial charge in [-0.1, -0.05) is 6.42 Å². The summed E-state index contributed by atoms with van der Waals surface area (Å²) in [4.78, 5) is 2.50. The molecule has 0 aromatic heterocycles. The van der Waals surface area contributed by atoms with E-state index in [0.29, 0.717) is 13.0 Å². The lowest BCUT2D eigenvalue weighted by Crippen LogP contribution is -2.36. The van der Waals surface area contributed by atoms with Crippen LogP contribution in [0.15, 0.2) is 0 Å². The smallest absolute Gasteiger partial charge is 0.167 e. The molecule has 17 heavy (non-hydrogen) atoms. The molecule has 1 N–H and O–H groups in total. The molecule has 4 nitrogen and oxygen atoms in total. The number of rotatable bonds is 5. The van der Waals surface area contributed by atoms with E-state index in [9.17, 15) is 0 Å². The van der Waals surface area contributed by atoms with Crippen molar-refractivity contribution in [2.75, 3.05) is 32.8 Å². The fraction of sp³-hybridized carbons (Fsp3) is 1.00. The maximum Gasteiger partial charge on any atom is 0.167 e. The summed E-state index contributed by atoms with van der Waals surface area (Å²) < 4.78 is 11.6. The molecule has 0 radical (unpaired) electrons. The summed E-state index contributed by atoms with van der Waals surface area (Å²) in [5.41, 5.74) is 0. The zero-order valence-electron chi connectivity index (χ0n) is 10.9. The molecule has 2 aliphatic heterocycles. The summed E-state index contributed by atoms with van der Waals surface area (Å²) in [5.74, 6) is -0.433. The molecule has 2 aliphatic rings. The molecule has 0 aromatic carbocycles. The molecule has 0 aliphatic carbocycles. The fourth-order valence-electron chi connectivity index (χ4n) is 2.65. The third-order valence-electron chi connectivity index (χ3n) is 3.77. The van der Waals surface area contributed by atoms with E-state index in [4.69, 9.17) is 14.6 Å². The van der Waals surface area contributed by atoms with Crippen molar-refractivity contribution in [2.45, 2.75) is 50.9 Å². The molecule has 2 rings (SSSR count). The van der Waals surface area contributed by atoms with Gasteiger partial charge in [-0.05, 0) is 39.3 Å². The van der Waals surface area contributed by atoms with Crippen molar-refractivity contribution in [3.05, 3.63) is 0 Å². The Morgan fingerprint density at radius 2 is 2.06 bits per heavy atom. The number of hydrogen-bond donors (Lipinski definition) is 1. The number of likely N-dealkylation sites (tertiary alicyclic amines) is 1. The molecule has 0 saturated carbocycles. The molecule has 2 saturated heterocycles. The van der Waals surface area contributed by atoms with Crippen molar-refractivity contribution in [3.63, 3.8) is 0 Å². The number of ether oxygens (including phenoxy) is 2. The van der Waals surface area contributed by atoms with Crippen LogP contribution in [0.3, 0.4) is 0 Å². The Kier molecular flexibility index (Phi) is 4.79. The van der Waals surface area contributed by atoms with Gasteiger partial charge in [0, 0.05) is 19.6 Å². The maximum absolute atomic E-state index is 8.89. The summed E-state index contributed by atoms with van der Waals surface area (Å²) in [6.45, 7) is 6.32. The average Bonchev–Trinajstić information content (AvgIpc) is 2.71. The van der Waals surface area contributed by atoms with Gasteiger partial charge in [0.25, 0.3) is 0 Å². The first kappa shape index (κ1) is 13.3. The van der Waals surface area contributed by atoms with Gasteiger partial charge in [0.15, 0.2) is 5.79 Å². The number of hydrogen-bond acceptors (Lipinski definition) is 4. The molecule has 0 spiro atoms. The molecule has 2 unspecified atom stereocenters. The van der Waals surface area contributed by atoms with Gasteiger partial charge in [0.1, 0.15) is 0 Å². The van der Waals surface area contributed by atoms with E-state index in [2.05, 4.69) is 4.90 Å². The summed E-state index contributed by atoms with van der Waals surface area (Å²) in [5, 5.41) is 8.89. The number of aliphatic hydroxyl groups excluding tert-OH is 1. The van der Waals surface area contributed by atoms with Crippen LogP contribution in [0.2, 0.25) is 0 Å². The third kappa shape index (κ3) is 3.91. The van der Waals surface area contributed by atoms with Crippen LogP contribution in [-0.2, 0) is 9.47 Å². The predicted octanol–water partition coefficient (Wildman–Crippen LogP) is 1.38. The quantitative estimate of drug-likeness (QED) is 0.792. The van der Waals surface area contributed by atoms with Crippen LogP contribution < -0.4 is 0 Å². The van der Waals surface area contributed by atoms with E-state index in [1.54, 1.807) is 0 Å². The van der Waals surface area contributed by atoms with Crippen LogP contribution in [0.1, 0.15) is 39.0 Å².